The summed E-state index contributed by atoms with van der Waals surface area (Å²) in [4.78, 5) is 0. The van der Waals surface area contributed by atoms with Gasteiger partial charge in [-0.25, -0.2) is 0 Å². The molecule has 0 aromatic carbocycles. The minimum atomic E-state index is -0.0670. The molecule has 0 aliphatic heterocycles. The van der Waals surface area contributed by atoms with Gasteiger partial charge in [0.2, 0.25) is 5.96 Å². The lowest BCUT2D eigenvalue weighted by atomic mass is 10.4. The Morgan fingerprint density at radius 1 is 1.46 bits per heavy atom. The van der Waals surface area contributed by atoms with Gasteiger partial charge in [-0.1, -0.05) is 0 Å². The lowest BCUT2D eigenvalue weighted by Gasteiger charge is -1.81. The SMILES string of the molecule is NC(N)=NN=CC=Cc1ccco1. The molecule has 1 rings (SSSR count). The van der Waals surface area contributed by atoms with Crippen molar-refractivity contribution in [3.8, 4) is 0 Å². The second kappa shape index (κ2) is 4.76. The predicted octanol–water partition coefficient (Wildman–Crippen LogP) is 0.552. The quantitative estimate of drug-likeness (QED) is 0.402. The molecule has 0 atom stereocenters. The summed E-state index contributed by atoms with van der Waals surface area (Å²) in [6.45, 7) is 0. The van der Waals surface area contributed by atoms with E-state index >= 15 is 0 Å². The molecule has 0 aliphatic carbocycles. The number of hydrogen-bond acceptors (Lipinski definition) is 3. The van der Waals surface area contributed by atoms with Crippen molar-refractivity contribution < 1.29 is 4.42 Å². The zero-order valence-electron chi connectivity index (χ0n) is 6.92. The average Bonchev–Trinajstić information content (AvgIpc) is 2.55. The molecule has 4 N–H and O–H groups in total. The molecule has 0 bridgehead atoms. The van der Waals surface area contributed by atoms with Gasteiger partial charge >= 0.3 is 0 Å². The number of furan rings is 1. The second-order valence-electron chi connectivity index (χ2n) is 2.16. The molecule has 1 aromatic heterocycles. The van der Waals surface area contributed by atoms with E-state index in [4.69, 9.17) is 15.9 Å². The normalized spacial score (nSPS) is 11.1. The first kappa shape index (κ1) is 9.05. The van der Waals surface area contributed by atoms with Gasteiger partial charge in [-0.2, -0.15) is 5.10 Å². The molecule has 0 unspecified atom stereocenters. The Morgan fingerprint density at radius 2 is 2.31 bits per heavy atom. The standard InChI is InChI=1S/C8H10N4O/c9-8(10)12-11-5-1-3-7-4-2-6-13-7/h1-6H,(H4,9,10,12). The molecule has 5 nitrogen and oxygen atoms in total. The van der Waals surface area contributed by atoms with Crippen molar-refractivity contribution in [2.45, 2.75) is 0 Å². The average molecular weight is 178 g/mol. The highest BCUT2D eigenvalue weighted by Crippen LogP contribution is 2.00. The summed E-state index contributed by atoms with van der Waals surface area (Å²) in [6, 6.07) is 3.62. The van der Waals surface area contributed by atoms with Gasteiger partial charge in [0.25, 0.3) is 0 Å². The molecule has 1 aromatic rings. The van der Waals surface area contributed by atoms with Gasteiger partial charge in [0.15, 0.2) is 0 Å². The Morgan fingerprint density at radius 3 is 2.92 bits per heavy atom. The number of rotatable bonds is 3. The first-order valence-electron chi connectivity index (χ1n) is 3.61. The maximum atomic E-state index is 5.04. The Kier molecular flexibility index (Phi) is 3.31. The Bertz CT molecular complexity index is 320. The van der Waals surface area contributed by atoms with E-state index in [1.165, 1.54) is 6.21 Å². The van der Waals surface area contributed by atoms with Crippen LogP contribution in [0.3, 0.4) is 0 Å². The van der Waals surface area contributed by atoms with E-state index < -0.39 is 0 Å². The highest BCUT2D eigenvalue weighted by Gasteiger charge is 1.83. The molecule has 1 heterocycles. The lowest BCUT2D eigenvalue weighted by molar-refractivity contribution is 0.557. The Hall–Kier alpha value is -2.04. The number of hydrogen-bond donors (Lipinski definition) is 2. The van der Waals surface area contributed by atoms with Gasteiger partial charge in [0.05, 0.1) is 6.26 Å². The van der Waals surface area contributed by atoms with Gasteiger partial charge in [-0.15, -0.1) is 5.10 Å². The van der Waals surface area contributed by atoms with Crippen LogP contribution < -0.4 is 11.5 Å². The highest BCUT2D eigenvalue weighted by molar-refractivity contribution is 5.79. The summed E-state index contributed by atoms with van der Waals surface area (Å²) in [5.74, 6) is 0.679. The minimum Gasteiger partial charge on any atom is -0.465 e. The van der Waals surface area contributed by atoms with Crippen LogP contribution in [0, 0.1) is 0 Å². The molecular formula is C8H10N4O. The van der Waals surface area contributed by atoms with E-state index in [1.54, 1.807) is 24.5 Å². The maximum Gasteiger partial charge on any atom is 0.211 e. The van der Waals surface area contributed by atoms with E-state index in [1.807, 2.05) is 6.07 Å². The number of allylic oxidation sites excluding steroid dienone is 1. The molecular weight excluding hydrogens is 168 g/mol. The zero-order valence-corrected chi connectivity index (χ0v) is 6.92. The van der Waals surface area contributed by atoms with Crippen molar-refractivity contribution >= 4 is 18.3 Å². The third kappa shape index (κ3) is 3.76. The lowest BCUT2D eigenvalue weighted by Crippen LogP contribution is -2.21. The molecule has 0 aliphatic rings. The van der Waals surface area contributed by atoms with Crippen LogP contribution in [0.5, 0.6) is 0 Å². The van der Waals surface area contributed by atoms with E-state index in [0.29, 0.717) is 0 Å². The largest absolute Gasteiger partial charge is 0.465 e. The van der Waals surface area contributed by atoms with Gasteiger partial charge in [-0.3, -0.25) is 0 Å². The van der Waals surface area contributed by atoms with E-state index in [9.17, 15) is 0 Å². The van der Waals surface area contributed by atoms with Crippen LogP contribution in [0.4, 0.5) is 0 Å². The third-order valence-electron chi connectivity index (χ3n) is 1.13. The molecule has 0 radical (unpaired) electrons. The predicted molar refractivity (Wildman–Crippen MR) is 52.0 cm³/mol. The van der Waals surface area contributed by atoms with Gasteiger partial charge in [0.1, 0.15) is 5.76 Å². The monoisotopic (exact) mass is 178 g/mol. The van der Waals surface area contributed by atoms with E-state index in [2.05, 4.69) is 10.2 Å². The van der Waals surface area contributed by atoms with Crippen LogP contribution in [0.1, 0.15) is 5.76 Å². The van der Waals surface area contributed by atoms with Gasteiger partial charge < -0.3 is 15.9 Å². The minimum absolute atomic E-state index is 0.0670. The molecule has 0 fully saturated rings. The fourth-order valence-electron chi connectivity index (χ4n) is 0.662. The molecule has 0 spiro atoms. The van der Waals surface area contributed by atoms with Crippen LogP contribution >= 0.6 is 0 Å². The van der Waals surface area contributed by atoms with Crippen molar-refractivity contribution in [3.63, 3.8) is 0 Å². The first-order valence-corrected chi connectivity index (χ1v) is 3.61. The molecule has 0 amide bonds. The number of guanidine groups is 1. The number of nitrogens with two attached hydrogens (primary N) is 2. The van der Waals surface area contributed by atoms with Gasteiger partial charge in [-0.05, 0) is 24.3 Å². The molecule has 68 valence electrons. The van der Waals surface area contributed by atoms with Crippen molar-refractivity contribution in [1.82, 2.24) is 0 Å². The molecule has 0 saturated heterocycles. The summed E-state index contributed by atoms with van der Waals surface area (Å²) >= 11 is 0. The second-order valence-corrected chi connectivity index (χ2v) is 2.16. The summed E-state index contributed by atoms with van der Waals surface area (Å²) < 4.78 is 5.03. The highest BCUT2D eigenvalue weighted by atomic mass is 16.3. The van der Waals surface area contributed by atoms with Crippen molar-refractivity contribution in [2.24, 2.45) is 21.7 Å². The summed E-state index contributed by atoms with van der Waals surface area (Å²) in [5.41, 5.74) is 10.1. The third-order valence-corrected chi connectivity index (χ3v) is 1.13. The maximum absolute atomic E-state index is 5.04. The van der Waals surface area contributed by atoms with E-state index in [-0.39, 0.29) is 5.96 Å². The fourth-order valence-corrected chi connectivity index (χ4v) is 0.662. The Labute approximate surface area is 75.4 Å². The summed E-state index contributed by atoms with van der Waals surface area (Å²) in [7, 11) is 0. The first-order chi connectivity index (χ1) is 6.29. The smallest absolute Gasteiger partial charge is 0.211 e. The summed E-state index contributed by atoms with van der Waals surface area (Å²) in [5, 5.41) is 6.96. The fraction of sp³-hybridized carbons (Fsp3) is 0. The van der Waals surface area contributed by atoms with Crippen LogP contribution in [0.2, 0.25) is 0 Å². The van der Waals surface area contributed by atoms with Crippen molar-refractivity contribution in [3.05, 3.63) is 30.2 Å². The topological polar surface area (TPSA) is 89.9 Å². The van der Waals surface area contributed by atoms with Crippen LogP contribution in [0.15, 0.2) is 39.1 Å². The summed E-state index contributed by atoms with van der Waals surface area (Å²) in [6.07, 6.45) is 6.46. The van der Waals surface area contributed by atoms with Crippen LogP contribution in [0.25, 0.3) is 6.08 Å². The molecule has 5 heteroatoms. The number of nitrogens with zero attached hydrogens (tertiary/aromatic N) is 2. The zero-order chi connectivity index (χ0) is 9.52. The van der Waals surface area contributed by atoms with Crippen molar-refractivity contribution in [2.75, 3.05) is 0 Å². The van der Waals surface area contributed by atoms with Gasteiger partial charge in [0, 0.05) is 6.21 Å². The van der Waals surface area contributed by atoms with E-state index in [0.717, 1.165) is 5.76 Å². The van der Waals surface area contributed by atoms with Crippen LogP contribution in [-0.4, -0.2) is 12.2 Å². The Balaban J connectivity index is 2.43. The molecule has 0 saturated carbocycles. The van der Waals surface area contributed by atoms with Crippen LogP contribution in [-0.2, 0) is 0 Å². The molecule has 13 heavy (non-hydrogen) atoms. The van der Waals surface area contributed by atoms with Crippen molar-refractivity contribution in [1.29, 1.82) is 0 Å².